The summed E-state index contributed by atoms with van der Waals surface area (Å²) in [6, 6.07) is 15.6. The molecular formula is C27H30FN3O5. The van der Waals surface area contributed by atoms with Crippen LogP contribution in [0.5, 0.6) is 5.88 Å². The van der Waals surface area contributed by atoms with Crippen molar-refractivity contribution in [2.45, 2.75) is 64.5 Å². The highest BCUT2D eigenvalue weighted by molar-refractivity contribution is 5.85. The maximum absolute atomic E-state index is 13.5. The SMILES string of the molecule is Cc1cc(COc2cc(C(=O)O)nn2CC(=O)NC2CCCCC2OCc2ccccc2)ccc1F. The molecule has 36 heavy (non-hydrogen) atoms. The lowest BCUT2D eigenvalue weighted by molar-refractivity contribution is -0.124. The molecule has 1 amide bonds. The fourth-order valence-electron chi connectivity index (χ4n) is 4.31. The minimum Gasteiger partial charge on any atom is -0.476 e. The molecule has 9 heteroatoms. The number of aromatic carboxylic acids is 1. The van der Waals surface area contributed by atoms with Crippen molar-refractivity contribution in [2.75, 3.05) is 0 Å². The topological polar surface area (TPSA) is 103 Å². The van der Waals surface area contributed by atoms with Gasteiger partial charge in [-0.3, -0.25) is 4.79 Å². The molecule has 2 N–H and O–H groups in total. The van der Waals surface area contributed by atoms with Gasteiger partial charge in [0.2, 0.25) is 11.8 Å². The number of aryl methyl sites for hydroxylation is 1. The molecule has 4 rings (SSSR count). The first-order valence-corrected chi connectivity index (χ1v) is 12.0. The number of rotatable bonds is 10. The van der Waals surface area contributed by atoms with Gasteiger partial charge in [-0.2, -0.15) is 5.10 Å². The summed E-state index contributed by atoms with van der Waals surface area (Å²) in [6.45, 7) is 2.00. The fraction of sp³-hybridized carbons (Fsp3) is 0.370. The summed E-state index contributed by atoms with van der Waals surface area (Å²) in [5, 5.41) is 16.4. The predicted octanol–water partition coefficient (Wildman–Crippen LogP) is 4.25. The number of carbonyl (C=O) groups excluding carboxylic acids is 1. The van der Waals surface area contributed by atoms with Crippen LogP contribution in [0.15, 0.2) is 54.6 Å². The Hall–Kier alpha value is -3.72. The second-order valence-corrected chi connectivity index (χ2v) is 9.00. The molecular weight excluding hydrogens is 465 g/mol. The van der Waals surface area contributed by atoms with Crippen LogP contribution in [0.2, 0.25) is 0 Å². The predicted molar refractivity (Wildman–Crippen MR) is 130 cm³/mol. The molecule has 1 saturated carbocycles. The number of benzene rings is 2. The summed E-state index contributed by atoms with van der Waals surface area (Å²) in [5.74, 6) is -1.71. The van der Waals surface area contributed by atoms with E-state index in [0.717, 1.165) is 31.2 Å². The molecule has 1 aromatic heterocycles. The molecule has 1 aliphatic rings. The van der Waals surface area contributed by atoms with Crippen molar-refractivity contribution in [3.05, 3.63) is 82.8 Å². The summed E-state index contributed by atoms with van der Waals surface area (Å²) >= 11 is 0. The lowest BCUT2D eigenvalue weighted by atomic mass is 9.92. The highest BCUT2D eigenvalue weighted by atomic mass is 19.1. The number of carbonyl (C=O) groups is 2. The number of ether oxygens (including phenoxy) is 2. The Morgan fingerprint density at radius 2 is 1.86 bits per heavy atom. The number of nitrogens with zero attached hydrogens (tertiary/aromatic N) is 2. The zero-order chi connectivity index (χ0) is 25.5. The van der Waals surface area contributed by atoms with Crippen molar-refractivity contribution in [1.29, 1.82) is 0 Å². The van der Waals surface area contributed by atoms with E-state index in [2.05, 4.69) is 10.4 Å². The monoisotopic (exact) mass is 495 g/mol. The summed E-state index contributed by atoms with van der Waals surface area (Å²) in [5.41, 5.74) is 2.04. The van der Waals surface area contributed by atoms with Crippen LogP contribution in [0.1, 0.15) is 52.9 Å². The molecule has 0 radical (unpaired) electrons. The zero-order valence-corrected chi connectivity index (χ0v) is 20.2. The lowest BCUT2D eigenvalue weighted by Crippen LogP contribution is -2.47. The van der Waals surface area contributed by atoms with Crippen LogP contribution in [-0.4, -0.2) is 38.9 Å². The normalized spacial score (nSPS) is 17.5. The van der Waals surface area contributed by atoms with E-state index in [1.807, 2.05) is 30.3 Å². The van der Waals surface area contributed by atoms with E-state index in [1.54, 1.807) is 19.1 Å². The summed E-state index contributed by atoms with van der Waals surface area (Å²) in [6.07, 6.45) is 3.58. The number of carboxylic acid groups (broad SMARTS) is 1. The molecule has 2 aromatic carbocycles. The molecule has 0 saturated heterocycles. The Kier molecular flexibility index (Phi) is 8.32. The van der Waals surface area contributed by atoms with Gasteiger partial charge in [0.15, 0.2) is 5.69 Å². The average molecular weight is 496 g/mol. The molecule has 0 spiro atoms. The number of hydrogen-bond donors (Lipinski definition) is 2. The van der Waals surface area contributed by atoms with Crippen molar-refractivity contribution < 1.29 is 28.6 Å². The molecule has 8 nitrogen and oxygen atoms in total. The van der Waals surface area contributed by atoms with Gasteiger partial charge in [-0.05, 0) is 48.6 Å². The number of amides is 1. The highest BCUT2D eigenvalue weighted by Crippen LogP contribution is 2.23. The number of hydrogen-bond acceptors (Lipinski definition) is 5. The van der Waals surface area contributed by atoms with Gasteiger partial charge in [-0.15, -0.1) is 0 Å². The average Bonchev–Trinajstić information content (AvgIpc) is 3.27. The van der Waals surface area contributed by atoms with Crippen LogP contribution < -0.4 is 10.1 Å². The smallest absolute Gasteiger partial charge is 0.356 e. The van der Waals surface area contributed by atoms with Crippen molar-refractivity contribution in [3.8, 4) is 5.88 Å². The van der Waals surface area contributed by atoms with Gasteiger partial charge in [0.1, 0.15) is 19.0 Å². The molecule has 190 valence electrons. The highest BCUT2D eigenvalue weighted by Gasteiger charge is 2.28. The first-order valence-electron chi connectivity index (χ1n) is 12.0. The second kappa shape index (κ2) is 11.8. The number of carboxylic acids is 1. The maximum Gasteiger partial charge on any atom is 0.356 e. The standard InChI is InChI=1S/C27H30FN3O5/c1-18-13-20(11-12-21(18)28)17-36-26-14-23(27(33)34)30-31(26)15-25(32)29-22-9-5-6-10-24(22)35-16-19-7-3-2-4-8-19/h2-4,7-8,11-14,22,24H,5-6,9-10,15-17H2,1H3,(H,29,32)(H,33,34). The van der Waals surface area contributed by atoms with Gasteiger partial charge < -0.3 is 19.9 Å². The van der Waals surface area contributed by atoms with Crippen LogP contribution in [-0.2, 0) is 29.3 Å². The van der Waals surface area contributed by atoms with E-state index < -0.39 is 5.97 Å². The maximum atomic E-state index is 13.5. The van der Waals surface area contributed by atoms with E-state index in [0.29, 0.717) is 17.7 Å². The Morgan fingerprint density at radius 3 is 2.61 bits per heavy atom. The number of aromatic nitrogens is 2. The third-order valence-electron chi connectivity index (χ3n) is 6.22. The zero-order valence-electron chi connectivity index (χ0n) is 20.2. The Bertz CT molecular complexity index is 1200. The Morgan fingerprint density at radius 1 is 1.08 bits per heavy atom. The van der Waals surface area contributed by atoms with E-state index >= 15 is 0 Å². The first kappa shape index (κ1) is 25.4. The van der Waals surface area contributed by atoms with Crippen LogP contribution in [0.4, 0.5) is 4.39 Å². The van der Waals surface area contributed by atoms with Crippen LogP contribution >= 0.6 is 0 Å². The molecule has 3 aromatic rings. The number of halogens is 1. The van der Waals surface area contributed by atoms with E-state index in [-0.39, 0.29) is 48.6 Å². The molecule has 1 heterocycles. The van der Waals surface area contributed by atoms with Gasteiger partial charge in [-0.25, -0.2) is 13.9 Å². The molecule has 2 unspecified atom stereocenters. The largest absolute Gasteiger partial charge is 0.476 e. The van der Waals surface area contributed by atoms with E-state index in [4.69, 9.17) is 9.47 Å². The third kappa shape index (κ3) is 6.69. The molecule has 1 aliphatic carbocycles. The van der Waals surface area contributed by atoms with Gasteiger partial charge in [0.25, 0.3) is 0 Å². The fourth-order valence-corrected chi connectivity index (χ4v) is 4.31. The molecule has 2 atom stereocenters. The summed E-state index contributed by atoms with van der Waals surface area (Å²) < 4.78 is 26.7. The minimum absolute atomic E-state index is 0.0749. The van der Waals surface area contributed by atoms with Crippen molar-refractivity contribution in [3.63, 3.8) is 0 Å². The van der Waals surface area contributed by atoms with Gasteiger partial charge >= 0.3 is 5.97 Å². The van der Waals surface area contributed by atoms with Gasteiger partial charge in [0, 0.05) is 6.07 Å². The Balaban J connectivity index is 1.39. The van der Waals surface area contributed by atoms with Crippen LogP contribution in [0, 0.1) is 12.7 Å². The van der Waals surface area contributed by atoms with Crippen LogP contribution in [0.3, 0.4) is 0 Å². The molecule has 0 aliphatic heterocycles. The summed E-state index contributed by atoms with van der Waals surface area (Å²) in [7, 11) is 0. The first-order chi connectivity index (χ1) is 17.4. The second-order valence-electron chi connectivity index (χ2n) is 9.00. The lowest BCUT2D eigenvalue weighted by Gasteiger charge is -2.32. The van der Waals surface area contributed by atoms with Crippen molar-refractivity contribution in [1.82, 2.24) is 15.1 Å². The van der Waals surface area contributed by atoms with Crippen molar-refractivity contribution >= 4 is 11.9 Å². The quantitative estimate of drug-likeness (QED) is 0.436. The van der Waals surface area contributed by atoms with E-state index in [1.165, 1.54) is 16.8 Å². The number of nitrogens with one attached hydrogen (secondary N) is 1. The third-order valence-corrected chi connectivity index (χ3v) is 6.22. The van der Waals surface area contributed by atoms with Crippen LogP contribution in [0.25, 0.3) is 0 Å². The van der Waals surface area contributed by atoms with Crippen molar-refractivity contribution in [2.24, 2.45) is 0 Å². The molecule has 0 bridgehead atoms. The molecule has 1 fully saturated rings. The Labute approximate surface area is 209 Å². The van der Waals surface area contributed by atoms with Gasteiger partial charge in [-0.1, -0.05) is 49.2 Å². The van der Waals surface area contributed by atoms with Gasteiger partial charge in [0.05, 0.1) is 18.8 Å². The van der Waals surface area contributed by atoms with E-state index in [9.17, 15) is 19.1 Å². The minimum atomic E-state index is -1.22. The summed E-state index contributed by atoms with van der Waals surface area (Å²) in [4.78, 5) is 24.4.